The Morgan fingerprint density at radius 1 is 1.00 bits per heavy atom. The molecule has 0 bridgehead atoms. The molecule has 1 N–H and O–H groups in total. The monoisotopic (exact) mass is 354 g/mol. The maximum Gasteiger partial charge on any atom is 0.143 e. The van der Waals surface area contributed by atoms with Crippen molar-refractivity contribution in [2.24, 2.45) is 11.8 Å². The van der Waals surface area contributed by atoms with E-state index >= 15 is 0 Å². The lowest BCUT2D eigenvalue weighted by Crippen LogP contribution is -2.21. The number of hydrogen-bond acceptors (Lipinski definition) is 3. The molecule has 0 radical (unpaired) electrons. The summed E-state index contributed by atoms with van der Waals surface area (Å²) in [5.41, 5.74) is 1.11. The van der Waals surface area contributed by atoms with E-state index in [4.69, 9.17) is 4.74 Å². The molecule has 0 aliphatic heterocycles. The molecule has 1 aromatic heterocycles. The summed E-state index contributed by atoms with van der Waals surface area (Å²) < 4.78 is 8.62. The van der Waals surface area contributed by atoms with E-state index in [1.165, 1.54) is 25.7 Å². The summed E-state index contributed by atoms with van der Waals surface area (Å²) in [5.74, 6) is 3.17. The molecule has 2 aliphatic rings. The van der Waals surface area contributed by atoms with E-state index in [1.54, 1.807) is 0 Å². The molecular formula is C22H30N2O2. The van der Waals surface area contributed by atoms with Crippen LogP contribution in [0.4, 0.5) is 0 Å². The highest BCUT2D eigenvalue weighted by atomic mass is 16.5. The number of imidazole rings is 1. The van der Waals surface area contributed by atoms with Gasteiger partial charge in [-0.1, -0.05) is 12.1 Å². The zero-order valence-electron chi connectivity index (χ0n) is 15.5. The van der Waals surface area contributed by atoms with Crippen LogP contribution in [0.15, 0.2) is 36.7 Å². The highest BCUT2D eigenvalue weighted by molar-refractivity contribution is 5.64. The van der Waals surface area contributed by atoms with Crippen LogP contribution < -0.4 is 4.74 Å². The number of ether oxygens (including phenoxy) is 1. The summed E-state index contributed by atoms with van der Waals surface area (Å²) in [6, 6.07) is 8.34. The molecule has 4 rings (SSSR count). The van der Waals surface area contributed by atoms with Gasteiger partial charge in [-0.05, 0) is 75.3 Å². The Morgan fingerprint density at radius 3 is 2.50 bits per heavy atom. The number of para-hydroxylation sites is 1. The second-order valence-electron chi connectivity index (χ2n) is 7.99. The molecule has 26 heavy (non-hydrogen) atoms. The first-order valence-corrected chi connectivity index (χ1v) is 10.2. The molecule has 1 heterocycles. The van der Waals surface area contributed by atoms with Crippen molar-refractivity contribution >= 4 is 0 Å². The summed E-state index contributed by atoms with van der Waals surface area (Å²) in [6.45, 7) is 1.35. The fourth-order valence-corrected chi connectivity index (χ4v) is 4.52. The summed E-state index contributed by atoms with van der Waals surface area (Å²) in [6.07, 6.45) is 13.9. The Hall–Kier alpha value is -1.81. The summed E-state index contributed by atoms with van der Waals surface area (Å²) >= 11 is 0. The Bertz CT molecular complexity index is 698. The minimum Gasteiger partial charge on any atom is -0.490 e. The average Bonchev–Trinajstić information content (AvgIpc) is 3.35. The molecule has 0 amide bonds. The minimum atomic E-state index is 0.342. The van der Waals surface area contributed by atoms with E-state index in [1.807, 2.05) is 6.20 Å². The summed E-state index contributed by atoms with van der Waals surface area (Å²) in [4.78, 5) is 4.66. The first kappa shape index (κ1) is 17.6. The van der Waals surface area contributed by atoms with Gasteiger partial charge in [0, 0.05) is 25.5 Å². The van der Waals surface area contributed by atoms with Gasteiger partial charge in [-0.2, -0.15) is 0 Å². The van der Waals surface area contributed by atoms with Gasteiger partial charge in [0.05, 0.1) is 11.7 Å². The van der Waals surface area contributed by atoms with Crippen molar-refractivity contribution in [2.75, 3.05) is 6.61 Å². The zero-order valence-corrected chi connectivity index (χ0v) is 15.5. The van der Waals surface area contributed by atoms with Crippen LogP contribution in [0.3, 0.4) is 0 Å². The maximum absolute atomic E-state index is 9.35. The highest BCUT2D eigenvalue weighted by Gasteiger charge is 2.23. The van der Waals surface area contributed by atoms with Gasteiger partial charge in [0.1, 0.15) is 11.6 Å². The van der Waals surface area contributed by atoms with Crippen LogP contribution in [0.2, 0.25) is 0 Å². The Balaban J connectivity index is 1.50. The highest BCUT2D eigenvalue weighted by Crippen LogP contribution is 2.34. The van der Waals surface area contributed by atoms with E-state index < -0.39 is 0 Å². The molecule has 2 saturated carbocycles. The van der Waals surface area contributed by atoms with Crippen LogP contribution in [0.5, 0.6) is 5.75 Å². The number of rotatable bonds is 6. The first-order valence-electron chi connectivity index (χ1n) is 10.2. The van der Waals surface area contributed by atoms with Gasteiger partial charge in [-0.25, -0.2) is 4.98 Å². The minimum absolute atomic E-state index is 0.342. The maximum atomic E-state index is 9.35. The van der Waals surface area contributed by atoms with E-state index in [9.17, 15) is 5.11 Å². The number of hydrogen-bond donors (Lipinski definition) is 1. The Labute approximate surface area is 156 Å². The number of aromatic nitrogens is 2. The third kappa shape index (κ3) is 3.96. The summed E-state index contributed by atoms with van der Waals surface area (Å²) in [7, 11) is 0. The molecular weight excluding hydrogens is 324 g/mol. The van der Waals surface area contributed by atoms with Crippen LogP contribution in [0.1, 0.15) is 51.4 Å². The molecule has 1 aromatic carbocycles. The van der Waals surface area contributed by atoms with Crippen molar-refractivity contribution in [1.82, 2.24) is 9.55 Å². The van der Waals surface area contributed by atoms with Gasteiger partial charge >= 0.3 is 0 Å². The van der Waals surface area contributed by atoms with Gasteiger partial charge in [-0.3, -0.25) is 0 Å². The van der Waals surface area contributed by atoms with Crippen LogP contribution in [0, 0.1) is 11.8 Å². The Kier molecular flexibility index (Phi) is 5.59. The third-order valence-corrected chi connectivity index (χ3v) is 6.12. The fourth-order valence-electron chi connectivity index (χ4n) is 4.52. The lowest BCUT2D eigenvalue weighted by Gasteiger charge is -2.28. The molecule has 2 aromatic rings. The van der Waals surface area contributed by atoms with Crippen molar-refractivity contribution in [3.63, 3.8) is 0 Å². The van der Waals surface area contributed by atoms with Gasteiger partial charge < -0.3 is 14.4 Å². The van der Waals surface area contributed by atoms with E-state index in [2.05, 4.69) is 40.0 Å². The quantitative estimate of drug-likeness (QED) is 0.820. The lowest BCUT2D eigenvalue weighted by atomic mass is 9.82. The molecule has 0 spiro atoms. The normalized spacial score (nSPS) is 24.0. The zero-order chi connectivity index (χ0) is 17.8. The van der Waals surface area contributed by atoms with Crippen molar-refractivity contribution in [3.8, 4) is 17.1 Å². The number of nitrogens with zero attached hydrogens (tertiary/aromatic N) is 2. The smallest absolute Gasteiger partial charge is 0.143 e. The summed E-state index contributed by atoms with van der Waals surface area (Å²) in [5, 5.41) is 9.35. The van der Waals surface area contributed by atoms with Crippen LogP contribution in [-0.4, -0.2) is 27.4 Å². The van der Waals surface area contributed by atoms with Gasteiger partial charge in [0.15, 0.2) is 0 Å². The van der Waals surface area contributed by atoms with E-state index in [0.29, 0.717) is 24.5 Å². The molecule has 4 nitrogen and oxygen atoms in total. The fraction of sp³-hybridized carbons (Fsp3) is 0.591. The standard InChI is InChI=1S/C22H30N2O2/c25-16-18-11-9-17(10-12-18)15-24-14-13-23-22(24)20-7-3-4-8-21(20)26-19-5-1-2-6-19/h3-4,7-8,13-14,17-19,25H,1-2,5-6,9-12,15-16H2. The predicted molar refractivity (Wildman–Crippen MR) is 103 cm³/mol. The molecule has 0 unspecified atom stereocenters. The van der Waals surface area contributed by atoms with Crippen LogP contribution in [0.25, 0.3) is 11.4 Å². The second kappa shape index (κ2) is 8.26. The molecule has 2 aliphatic carbocycles. The van der Waals surface area contributed by atoms with Crippen molar-refractivity contribution in [1.29, 1.82) is 0 Å². The average molecular weight is 354 g/mol. The predicted octanol–water partition coefficient (Wildman–Crippen LogP) is 4.67. The van der Waals surface area contributed by atoms with Crippen molar-refractivity contribution in [3.05, 3.63) is 36.7 Å². The van der Waals surface area contributed by atoms with Crippen LogP contribution >= 0.6 is 0 Å². The Morgan fingerprint density at radius 2 is 1.73 bits per heavy atom. The van der Waals surface area contributed by atoms with Gasteiger partial charge in [-0.15, -0.1) is 0 Å². The molecule has 140 valence electrons. The number of benzene rings is 1. The lowest BCUT2D eigenvalue weighted by molar-refractivity contribution is 0.161. The third-order valence-electron chi connectivity index (χ3n) is 6.12. The van der Waals surface area contributed by atoms with Crippen LogP contribution in [-0.2, 0) is 6.54 Å². The molecule has 2 fully saturated rings. The SMILES string of the molecule is OCC1CCC(Cn2ccnc2-c2ccccc2OC2CCCC2)CC1. The molecule has 4 heteroatoms. The molecule has 0 atom stereocenters. The van der Waals surface area contributed by atoms with E-state index in [0.717, 1.165) is 49.4 Å². The van der Waals surface area contributed by atoms with Crippen molar-refractivity contribution in [2.45, 2.75) is 64.0 Å². The molecule has 0 saturated heterocycles. The second-order valence-corrected chi connectivity index (χ2v) is 7.99. The number of aliphatic hydroxyl groups is 1. The number of aliphatic hydroxyl groups excluding tert-OH is 1. The van der Waals surface area contributed by atoms with Crippen molar-refractivity contribution < 1.29 is 9.84 Å². The van der Waals surface area contributed by atoms with Gasteiger partial charge in [0.2, 0.25) is 0 Å². The van der Waals surface area contributed by atoms with Gasteiger partial charge in [0.25, 0.3) is 0 Å². The topological polar surface area (TPSA) is 47.3 Å². The largest absolute Gasteiger partial charge is 0.490 e. The van der Waals surface area contributed by atoms with E-state index in [-0.39, 0.29) is 0 Å². The first-order chi connectivity index (χ1) is 12.8.